The molecule has 1 aromatic carbocycles. The monoisotopic (exact) mass is 213 g/mol. The Morgan fingerprint density at radius 2 is 1.94 bits per heavy atom. The molecule has 0 amide bonds. The summed E-state index contributed by atoms with van der Waals surface area (Å²) in [5, 5.41) is 0. The summed E-state index contributed by atoms with van der Waals surface area (Å²) in [6, 6.07) is 6.03. The summed E-state index contributed by atoms with van der Waals surface area (Å²) >= 11 is 0. The first-order chi connectivity index (χ1) is 7.68. The summed E-state index contributed by atoms with van der Waals surface area (Å²) in [7, 11) is 0. The van der Waals surface area contributed by atoms with Gasteiger partial charge in [0.25, 0.3) is 0 Å². The Hall–Kier alpha value is -1.74. The molecule has 0 saturated heterocycles. The molecule has 0 bridgehead atoms. The molecular formula is C13H15N3. The molecular weight excluding hydrogens is 198 g/mol. The Morgan fingerprint density at radius 3 is 2.56 bits per heavy atom. The van der Waals surface area contributed by atoms with E-state index < -0.39 is 0 Å². The van der Waals surface area contributed by atoms with Crippen LogP contribution in [-0.4, -0.2) is 9.97 Å². The summed E-state index contributed by atoms with van der Waals surface area (Å²) in [6.07, 6.45) is 5.02. The van der Waals surface area contributed by atoms with Crippen molar-refractivity contribution >= 4 is 0 Å². The smallest absolute Gasteiger partial charge is 0.0799 e. The molecule has 3 heteroatoms. The Morgan fingerprint density at radius 1 is 1.12 bits per heavy atom. The molecule has 2 rings (SSSR count). The first kappa shape index (κ1) is 10.8. The van der Waals surface area contributed by atoms with Crippen LogP contribution in [0.5, 0.6) is 0 Å². The van der Waals surface area contributed by atoms with Crippen LogP contribution in [0.4, 0.5) is 0 Å². The molecule has 0 spiro atoms. The minimum absolute atomic E-state index is 0.201. The lowest BCUT2D eigenvalue weighted by Crippen LogP contribution is -2.13. The molecule has 0 aliphatic rings. The minimum atomic E-state index is -0.201. The molecule has 3 nitrogen and oxygen atoms in total. The number of nitrogens with two attached hydrogens (primary N) is 1. The zero-order valence-electron chi connectivity index (χ0n) is 9.51. The predicted molar refractivity (Wildman–Crippen MR) is 64.0 cm³/mol. The molecule has 1 heterocycles. The summed E-state index contributed by atoms with van der Waals surface area (Å²) in [4.78, 5) is 8.25. The van der Waals surface area contributed by atoms with Gasteiger partial charge in [0.05, 0.1) is 17.9 Å². The third-order valence-electron chi connectivity index (χ3n) is 2.79. The summed E-state index contributed by atoms with van der Waals surface area (Å²) in [6.45, 7) is 4.18. The van der Waals surface area contributed by atoms with Gasteiger partial charge in [-0.1, -0.05) is 18.2 Å². The second-order valence-corrected chi connectivity index (χ2v) is 3.95. The zero-order chi connectivity index (χ0) is 11.5. The normalized spacial score (nSPS) is 12.4. The van der Waals surface area contributed by atoms with E-state index in [4.69, 9.17) is 5.73 Å². The van der Waals surface area contributed by atoms with Crippen molar-refractivity contribution in [2.24, 2.45) is 5.73 Å². The number of benzene rings is 1. The van der Waals surface area contributed by atoms with E-state index in [9.17, 15) is 0 Å². The zero-order valence-corrected chi connectivity index (χ0v) is 9.51. The van der Waals surface area contributed by atoms with Gasteiger partial charge in [0.15, 0.2) is 0 Å². The van der Waals surface area contributed by atoms with Gasteiger partial charge in [0, 0.05) is 12.4 Å². The summed E-state index contributed by atoms with van der Waals surface area (Å²) in [5.74, 6) is 0. The summed E-state index contributed by atoms with van der Waals surface area (Å²) < 4.78 is 0. The standard InChI is InChI=1S/C13H15N3/c1-9-3-4-11(7-10(9)2)13(14)12-8-15-5-6-16-12/h3-8,13H,14H2,1-2H3. The van der Waals surface area contributed by atoms with Crippen molar-refractivity contribution in [1.82, 2.24) is 9.97 Å². The van der Waals surface area contributed by atoms with Gasteiger partial charge in [0.2, 0.25) is 0 Å². The van der Waals surface area contributed by atoms with Gasteiger partial charge < -0.3 is 5.73 Å². The highest BCUT2D eigenvalue weighted by atomic mass is 14.8. The lowest BCUT2D eigenvalue weighted by Gasteiger charge is -2.12. The van der Waals surface area contributed by atoms with Crippen LogP contribution in [0.1, 0.15) is 28.4 Å². The average Bonchev–Trinajstić information content (AvgIpc) is 2.33. The molecule has 0 saturated carbocycles. The van der Waals surface area contributed by atoms with E-state index in [0.717, 1.165) is 11.3 Å². The molecule has 0 aliphatic heterocycles. The third kappa shape index (κ3) is 2.09. The lowest BCUT2D eigenvalue weighted by atomic mass is 10.00. The summed E-state index contributed by atoms with van der Waals surface area (Å²) in [5.41, 5.74) is 10.5. The predicted octanol–water partition coefficient (Wildman–Crippen LogP) is 2.14. The number of hydrogen-bond donors (Lipinski definition) is 1. The van der Waals surface area contributed by atoms with Crippen molar-refractivity contribution in [3.8, 4) is 0 Å². The molecule has 0 aliphatic carbocycles. The number of aromatic nitrogens is 2. The molecule has 0 radical (unpaired) electrons. The molecule has 1 unspecified atom stereocenters. The van der Waals surface area contributed by atoms with Crippen LogP contribution in [0.3, 0.4) is 0 Å². The maximum atomic E-state index is 6.13. The highest BCUT2D eigenvalue weighted by Crippen LogP contribution is 2.19. The van der Waals surface area contributed by atoms with Crippen molar-refractivity contribution < 1.29 is 0 Å². The van der Waals surface area contributed by atoms with Gasteiger partial charge in [0.1, 0.15) is 0 Å². The van der Waals surface area contributed by atoms with Crippen LogP contribution in [0, 0.1) is 13.8 Å². The maximum absolute atomic E-state index is 6.13. The first-order valence-corrected chi connectivity index (χ1v) is 5.27. The number of hydrogen-bond acceptors (Lipinski definition) is 3. The molecule has 1 aromatic heterocycles. The van der Waals surface area contributed by atoms with Gasteiger partial charge in [-0.05, 0) is 30.5 Å². The van der Waals surface area contributed by atoms with E-state index in [1.165, 1.54) is 11.1 Å². The Kier molecular flexibility index (Phi) is 2.97. The molecule has 0 fully saturated rings. The van der Waals surface area contributed by atoms with Gasteiger partial charge in [-0.15, -0.1) is 0 Å². The number of rotatable bonds is 2. The van der Waals surface area contributed by atoms with Crippen LogP contribution < -0.4 is 5.73 Å². The second kappa shape index (κ2) is 4.41. The lowest BCUT2D eigenvalue weighted by molar-refractivity contribution is 0.816. The molecule has 2 aromatic rings. The average molecular weight is 213 g/mol. The topological polar surface area (TPSA) is 51.8 Å². The highest BCUT2D eigenvalue weighted by molar-refractivity contribution is 5.34. The minimum Gasteiger partial charge on any atom is -0.319 e. The van der Waals surface area contributed by atoms with E-state index in [1.54, 1.807) is 18.6 Å². The molecule has 2 N–H and O–H groups in total. The Bertz CT molecular complexity index is 480. The number of aryl methyl sites for hydroxylation is 2. The van der Waals surface area contributed by atoms with Crippen molar-refractivity contribution in [2.75, 3.05) is 0 Å². The van der Waals surface area contributed by atoms with Crippen molar-refractivity contribution in [2.45, 2.75) is 19.9 Å². The van der Waals surface area contributed by atoms with E-state index in [0.29, 0.717) is 0 Å². The maximum Gasteiger partial charge on any atom is 0.0799 e. The van der Waals surface area contributed by atoms with E-state index in [-0.39, 0.29) is 6.04 Å². The Balaban J connectivity index is 2.34. The van der Waals surface area contributed by atoms with E-state index in [2.05, 4.69) is 35.9 Å². The fourth-order valence-corrected chi connectivity index (χ4v) is 1.60. The largest absolute Gasteiger partial charge is 0.319 e. The SMILES string of the molecule is Cc1ccc(C(N)c2cnccn2)cc1C. The first-order valence-electron chi connectivity index (χ1n) is 5.27. The Labute approximate surface area is 95.4 Å². The second-order valence-electron chi connectivity index (χ2n) is 3.95. The van der Waals surface area contributed by atoms with E-state index >= 15 is 0 Å². The van der Waals surface area contributed by atoms with E-state index in [1.807, 2.05) is 6.07 Å². The molecule has 16 heavy (non-hydrogen) atoms. The number of nitrogens with zero attached hydrogens (tertiary/aromatic N) is 2. The van der Waals surface area contributed by atoms with Gasteiger partial charge in [-0.25, -0.2) is 0 Å². The fraction of sp³-hybridized carbons (Fsp3) is 0.231. The van der Waals surface area contributed by atoms with Gasteiger partial charge in [-0.2, -0.15) is 0 Å². The van der Waals surface area contributed by atoms with Crippen molar-refractivity contribution in [1.29, 1.82) is 0 Å². The van der Waals surface area contributed by atoms with Crippen molar-refractivity contribution in [3.63, 3.8) is 0 Å². The quantitative estimate of drug-likeness (QED) is 0.831. The van der Waals surface area contributed by atoms with Gasteiger partial charge >= 0.3 is 0 Å². The van der Waals surface area contributed by atoms with Gasteiger partial charge in [-0.3, -0.25) is 9.97 Å². The highest BCUT2D eigenvalue weighted by Gasteiger charge is 2.10. The van der Waals surface area contributed by atoms with Crippen LogP contribution in [0.25, 0.3) is 0 Å². The van der Waals surface area contributed by atoms with Crippen LogP contribution >= 0.6 is 0 Å². The van der Waals surface area contributed by atoms with Crippen LogP contribution in [0.15, 0.2) is 36.8 Å². The molecule has 82 valence electrons. The van der Waals surface area contributed by atoms with Crippen LogP contribution in [0.2, 0.25) is 0 Å². The molecule has 1 atom stereocenters. The van der Waals surface area contributed by atoms with Crippen molar-refractivity contribution in [3.05, 3.63) is 59.2 Å². The fourth-order valence-electron chi connectivity index (χ4n) is 1.60. The van der Waals surface area contributed by atoms with Crippen LogP contribution in [-0.2, 0) is 0 Å². The third-order valence-corrected chi connectivity index (χ3v) is 2.79.